The Morgan fingerprint density at radius 1 is 1.32 bits per heavy atom. The molecule has 0 spiro atoms. The highest BCUT2D eigenvalue weighted by Crippen LogP contribution is 2.15. The van der Waals surface area contributed by atoms with E-state index >= 15 is 0 Å². The van der Waals surface area contributed by atoms with Gasteiger partial charge >= 0.3 is 6.03 Å². The molecule has 0 saturated carbocycles. The number of hydrogen-bond acceptors (Lipinski definition) is 3. The molecular formula is C16H24BrN3O2. The van der Waals surface area contributed by atoms with Gasteiger partial charge in [-0.2, -0.15) is 0 Å². The number of hydrogen-bond donors (Lipinski definition) is 2. The van der Waals surface area contributed by atoms with Crippen LogP contribution < -0.4 is 15.4 Å². The molecule has 1 heterocycles. The van der Waals surface area contributed by atoms with Gasteiger partial charge in [-0.05, 0) is 43.7 Å². The average molecular weight is 370 g/mol. The standard InChI is InChI=1S/C16H24BrN3O2/c1-2-20-10-7-14(8-11-20)19-16(21)18-9-12-22-15-5-3-13(17)4-6-15/h3-6,14H,2,7-12H2,1H3,(H2,18,19,21). The molecule has 0 aromatic heterocycles. The Morgan fingerprint density at radius 3 is 2.64 bits per heavy atom. The topological polar surface area (TPSA) is 53.6 Å². The number of carbonyl (C=O) groups is 1. The second-order valence-corrected chi connectivity index (χ2v) is 6.33. The van der Waals surface area contributed by atoms with Crippen LogP contribution in [0.25, 0.3) is 0 Å². The Morgan fingerprint density at radius 2 is 2.00 bits per heavy atom. The van der Waals surface area contributed by atoms with Crippen molar-refractivity contribution in [1.29, 1.82) is 0 Å². The number of amides is 2. The monoisotopic (exact) mass is 369 g/mol. The fourth-order valence-electron chi connectivity index (χ4n) is 2.49. The average Bonchev–Trinajstić information content (AvgIpc) is 2.54. The van der Waals surface area contributed by atoms with Crippen LogP contribution >= 0.6 is 15.9 Å². The first-order valence-corrected chi connectivity index (χ1v) is 8.61. The third kappa shape index (κ3) is 5.85. The van der Waals surface area contributed by atoms with E-state index in [0.29, 0.717) is 13.2 Å². The molecule has 0 radical (unpaired) electrons. The van der Waals surface area contributed by atoms with Gasteiger partial charge in [-0.1, -0.05) is 22.9 Å². The maximum atomic E-state index is 11.8. The van der Waals surface area contributed by atoms with Crippen molar-refractivity contribution in [3.63, 3.8) is 0 Å². The third-order valence-corrected chi connectivity index (χ3v) is 4.37. The summed E-state index contributed by atoms with van der Waals surface area (Å²) >= 11 is 3.38. The number of benzene rings is 1. The lowest BCUT2D eigenvalue weighted by Gasteiger charge is -2.31. The normalized spacial score (nSPS) is 16.3. The van der Waals surface area contributed by atoms with E-state index < -0.39 is 0 Å². The van der Waals surface area contributed by atoms with Crippen molar-refractivity contribution in [3.05, 3.63) is 28.7 Å². The van der Waals surface area contributed by atoms with Crippen molar-refractivity contribution in [2.24, 2.45) is 0 Å². The highest BCUT2D eigenvalue weighted by molar-refractivity contribution is 9.10. The van der Waals surface area contributed by atoms with Gasteiger partial charge in [0.2, 0.25) is 0 Å². The van der Waals surface area contributed by atoms with Crippen molar-refractivity contribution in [1.82, 2.24) is 15.5 Å². The number of likely N-dealkylation sites (tertiary alicyclic amines) is 1. The second kappa shape index (κ2) is 9.00. The lowest BCUT2D eigenvalue weighted by Crippen LogP contribution is -2.48. The molecule has 22 heavy (non-hydrogen) atoms. The predicted octanol–water partition coefficient (Wildman–Crippen LogP) is 2.61. The first kappa shape index (κ1) is 17.1. The summed E-state index contributed by atoms with van der Waals surface area (Å²) in [5, 5.41) is 5.87. The molecule has 6 heteroatoms. The van der Waals surface area contributed by atoms with Crippen LogP contribution in [0.5, 0.6) is 5.75 Å². The minimum atomic E-state index is -0.102. The summed E-state index contributed by atoms with van der Waals surface area (Å²) in [5.41, 5.74) is 0. The number of rotatable bonds is 6. The van der Waals surface area contributed by atoms with Crippen LogP contribution in [0.1, 0.15) is 19.8 Å². The number of nitrogens with one attached hydrogen (secondary N) is 2. The van der Waals surface area contributed by atoms with Crippen LogP contribution in [0, 0.1) is 0 Å². The van der Waals surface area contributed by atoms with E-state index in [9.17, 15) is 4.79 Å². The van der Waals surface area contributed by atoms with Gasteiger partial charge in [0.05, 0.1) is 6.54 Å². The minimum absolute atomic E-state index is 0.102. The zero-order chi connectivity index (χ0) is 15.8. The van der Waals surface area contributed by atoms with E-state index in [1.54, 1.807) is 0 Å². The zero-order valence-corrected chi connectivity index (χ0v) is 14.6. The number of carbonyl (C=O) groups excluding carboxylic acids is 1. The maximum absolute atomic E-state index is 11.8. The minimum Gasteiger partial charge on any atom is -0.492 e. The van der Waals surface area contributed by atoms with Crippen LogP contribution in [-0.2, 0) is 0 Å². The summed E-state index contributed by atoms with van der Waals surface area (Å²) in [5.74, 6) is 0.803. The third-order valence-electron chi connectivity index (χ3n) is 3.84. The molecule has 5 nitrogen and oxygen atoms in total. The molecule has 1 saturated heterocycles. The van der Waals surface area contributed by atoms with Gasteiger partial charge in [0, 0.05) is 23.6 Å². The summed E-state index contributed by atoms with van der Waals surface area (Å²) < 4.78 is 6.58. The molecule has 0 aliphatic carbocycles. The van der Waals surface area contributed by atoms with Gasteiger partial charge in [-0.15, -0.1) is 0 Å². The van der Waals surface area contributed by atoms with Crippen LogP contribution in [0.15, 0.2) is 28.7 Å². The summed E-state index contributed by atoms with van der Waals surface area (Å²) in [7, 11) is 0. The first-order chi connectivity index (χ1) is 10.7. The van der Waals surface area contributed by atoms with E-state index in [-0.39, 0.29) is 12.1 Å². The van der Waals surface area contributed by atoms with Crippen molar-refractivity contribution in [2.45, 2.75) is 25.8 Å². The highest BCUT2D eigenvalue weighted by atomic mass is 79.9. The fraction of sp³-hybridized carbons (Fsp3) is 0.562. The van der Waals surface area contributed by atoms with Crippen molar-refractivity contribution >= 4 is 22.0 Å². The summed E-state index contributed by atoms with van der Waals surface area (Å²) in [6.45, 7) is 6.35. The molecule has 2 amide bonds. The highest BCUT2D eigenvalue weighted by Gasteiger charge is 2.19. The predicted molar refractivity (Wildman–Crippen MR) is 91.3 cm³/mol. The number of ether oxygens (including phenoxy) is 1. The van der Waals surface area contributed by atoms with Gasteiger partial charge in [0.25, 0.3) is 0 Å². The molecule has 122 valence electrons. The summed E-state index contributed by atoms with van der Waals surface area (Å²) in [6.07, 6.45) is 2.05. The quantitative estimate of drug-likeness (QED) is 0.757. The fourth-order valence-corrected chi connectivity index (χ4v) is 2.76. The summed E-state index contributed by atoms with van der Waals surface area (Å²) in [4.78, 5) is 14.2. The maximum Gasteiger partial charge on any atom is 0.315 e. The van der Waals surface area contributed by atoms with Crippen LogP contribution in [-0.4, -0.2) is 49.8 Å². The molecule has 1 fully saturated rings. The Bertz CT molecular complexity index is 459. The van der Waals surface area contributed by atoms with Gasteiger partial charge in [-0.25, -0.2) is 4.79 Å². The molecule has 1 aromatic rings. The van der Waals surface area contributed by atoms with Crippen LogP contribution in [0.3, 0.4) is 0 Å². The van der Waals surface area contributed by atoms with E-state index in [1.165, 1.54) is 0 Å². The van der Waals surface area contributed by atoms with E-state index in [1.807, 2.05) is 24.3 Å². The Hall–Kier alpha value is -1.27. The van der Waals surface area contributed by atoms with Crippen LogP contribution in [0.2, 0.25) is 0 Å². The summed E-state index contributed by atoms with van der Waals surface area (Å²) in [6, 6.07) is 7.83. The molecule has 0 unspecified atom stereocenters. The number of halogens is 1. The Labute approximate surface area is 140 Å². The smallest absolute Gasteiger partial charge is 0.315 e. The molecule has 2 rings (SSSR count). The zero-order valence-electron chi connectivity index (χ0n) is 13.0. The molecule has 1 aromatic carbocycles. The van der Waals surface area contributed by atoms with Gasteiger partial charge in [0.15, 0.2) is 0 Å². The van der Waals surface area contributed by atoms with Gasteiger partial charge in [-0.3, -0.25) is 0 Å². The molecule has 0 bridgehead atoms. The molecule has 2 N–H and O–H groups in total. The Balaban J connectivity index is 1.57. The largest absolute Gasteiger partial charge is 0.492 e. The van der Waals surface area contributed by atoms with Crippen molar-refractivity contribution < 1.29 is 9.53 Å². The van der Waals surface area contributed by atoms with Crippen molar-refractivity contribution in [3.8, 4) is 5.75 Å². The van der Waals surface area contributed by atoms with E-state index in [4.69, 9.17) is 4.74 Å². The SMILES string of the molecule is CCN1CCC(NC(=O)NCCOc2ccc(Br)cc2)CC1. The molecule has 0 atom stereocenters. The van der Waals surface area contributed by atoms with Crippen molar-refractivity contribution in [2.75, 3.05) is 32.8 Å². The molecule has 1 aliphatic heterocycles. The van der Waals surface area contributed by atoms with Crippen LogP contribution in [0.4, 0.5) is 4.79 Å². The van der Waals surface area contributed by atoms with E-state index in [0.717, 1.165) is 42.7 Å². The number of urea groups is 1. The molecule has 1 aliphatic rings. The lowest BCUT2D eigenvalue weighted by molar-refractivity contribution is 0.197. The van der Waals surface area contributed by atoms with E-state index in [2.05, 4.69) is 38.4 Å². The number of nitrogens with zero attached hydrogens (tertiary/aromatic N) is 1. The first-order valence-electron chi connectivity index (χ1n) is 7.82. The second-order valence-electron chi connectivity index (χ2n) is 5.41. The number of piperidine rings is 1. The Kier molecular flexibility index (Phi) is 6.99. The van der Waals surface area contributed by atoms with Gasteiger partial charge < -0.3 is 20.3 Å². The lowest BCUT2D eigenvalue weighted by atomic mass is 10.1. The molecular weight excluding hydrogens is 346 g/mol. The van der Waals surface area contributed by atoms with Gasteiger partial charge in [0.1, 0.15) is 12.4 Å².